The molecule has 0 radical (unpaired) electrons. The predicted molar refractivity (Wildman–Crippen MR) is 51.9 cm³/mol. The fourth-order valence-electron chi connectivity index (χ4n) is 2.26. The Morgan fingerprint density at radius 3 is 2.31 bits per heavy atom. The number of ether oxygens (including phenoxy) is 5. The third-order valence-electron chi connectivity index (χ3n) is 2.95. The second-order valence-corrected chi connectivity index (χ2v) is 4.40. The highest BCUT2D eigenvalue weighted by Gasteiger charge is 2.58. The van der Waals surface area contributed by atoms with E-state index in [1.807, 2.05) is 13.8 Å². The summed E-state index contributed by atoms with van der Waals surface area (Å²) < 4.78 is 26.2. The van der Waals surface area contributed by atoms with Crippen LogP contribution in [0.25, 0.3) is 0 Å². The number of methoxy groups -OCH3 is 2. The molecule has 6 heteroatoms. The van der Waals surface area contributed by atoms with Crippen LogP contribution in [-0.2, 0) is 23.7 Å². The molecule has 0 aromatic heterocycles. The number of hydrogen-bond acceptors (Lipinski definition) is 6. The van der Waals surface area contributed by atoms with E-state index in [0.29, 0.717) is 0 Å². The molecule has 0 saturated carbocycles. The number of carbonyl (C=O) groups excluding carboxylic acids is 1. The lowest BCUT2D eigenvalue weighted by Crippen LogP contribution is -2.61. The second kappa shape index (κ2) is 3.87. The van der Waals surface area contributed by atoms with Gasteiger partial charge in [-0.15, -0.1) is 0 Å². The highest BCUT2D eigenvalue weighted by molar-refractivity contribution is 5.63. The maximum absolute atomic E-state index is 11.1. The summed E-state index contributed by atoms with van der Waals surface area (Å²) in [4.78, 5) is 11.1. The van der Waals surface area contributed by atoms with Crippen LogP contribution in [0, 0.1) is 0 Å². The molecule has 2 rings (SSSR count). The van der Waals surface area contributed by atoms with E-state index < -0.39 is 30.3 Å². The lowest BCUT2D eigenvalue weighted by molar-refractivity contribution is -0.299. The average molecular weight is 232 g/mol. The van der Waals surface area contributed by atoms with E-state index in [1.165, 1.54) is 7.11 Å². The molecule has 92 valence electrons. The summed E-state index contributed by atoms with van der Waals surface area (Å²) in [5, 5.41) is 0. The van der Waals surface area contributed by atoms with Crippen LogP contribution in [0.4, 0.5) is 4.79 Å². The predicted octanol–water partition coefficient (Wildman–Crippen LogP) is 0.687. The zero-order chi connectivity index (χ0) is 11.9. The van der Waals surface area contributed by atoms with Gasteiger partial charge in [0.2, 0.25) is 0 Å². The van der Waals surface area contributed by atoms with Gasteiger partial charge in [-0.1, -0.05) is 0 Å². The summed E-state index contributed by atoms with van der Waals surface area (Å²) in [6, 6.07) is 0. The smallest absolute Gasteiger partial charge is 0.424 e. The standard InChI is InChI=1S/C10H16O6/c1-10(2)7(12-3)5-6(8(13-4)16-10)15-9(11)14-5/h5-8H,1-4H3/t5-,6+,7-,8?/m1/s1. The van der Waals surface area contributed by atoms with Crippen molar-refractivity contribution in [2.75, 3.05) is 14.2 Å². The van der Waals surface area contributed by atoms with Crippen molar-refractivity contribution in [3.05, 3.63) is 0 Å². The number of fused-ring (bicyclic) bond motifs is 1. The Balaban J connectivity index is 2.26. The Morgan fingerprint density at radius 1 is 1.12 bits per heavy atom. The lowest BCUT2D eigenvalue weighted by Gasteiger charge is -2.44. The first-order valence-electron chi connectivity index (χ1n) is 5.10. The zero-order valence-corrected chi connectivity index (χ0v) is 9.76. The van der Waals surface area contributed by atoms with Gasteiger partial charge in [-0.25, -0.2) is 4.79 Å². The number of carbonyl (C=O) groups is 1. The summed E-state index contributed by atoms with van der Waals surface area (Å²) >= 11 is 0. The van der Waals surface area contributed by atoms with Crippen LogP contribution in [0.1, 0.15) is 13.8 Å². The molecule has 0 aromatic carbocycles. The van der Waals surface area contributed by atoms with Gasteiger partial charge in [0, 0.05) is 14.2 Å². The quantitative estimate of drug-likeness (QED) is 0.652. The molecule has 4 atom stereocenters. The van der Waals surface area contributed by atoms with Crippen LogP contribution in [-0.4, -0.2) is 50.6 Å². The van der Waals surface area contributed by atoms with Crippen molar-refractivity contribution < 1.29 is 28.5 Å². The van der Waals surface area contributed by atoms with Gasteiger partial charge in [0.25, 0.3) is 0 Å². The highest BCUT2D eigenvalue weighted by atomic mass is 16.8. The van der Waals surface area contributed by atoms with Crippen molar-refractivity contribution in [3.8, 4) is 0 Å². The molecule has 16 heavy (non-hydrogen) atoms. The van der Waals surface area contributed by atoms with Gasteiger partial charge in [0.05, 0.1) is 5.60 Å². The summed E-state index contributed by atoms with van der Waals surface area (Å²) in [6.45, 7) is 3.71. The Hall–Kier alpha value is -0.850. The Kier molecular flexibility index (Phi) is 2.81. The van der Waals surface area contributed by atoms with Crippen molar-refractivity contribution in [2.45, 2.75) is 44.1 Å². The number of rotatable bonds is 2. The molecular formula is C10H16O6. The summed E-state index contributed by atoms with van der Waals surface area (Å²) in [7, 11) is 3.04. The van der Waals surface area contributed by atoms with Gasteiger partial charge in [0.15, 0.2) is 18.5 Å². The third-order valence-corrected chi connectivity index (χ3v) is 2.95. The minimum absolute atomic E-state index is 0.379. The van der Waals surface area contributed by atoms with Crippen molar-refractivity contribution in [3.63, 3.8) is 0 Å². The van der Waals surface area contributed by atoms with Gasteiger partial charge >= 0.3 is 6.16 Å². The van der Waals surface area contributed by atoms with E-state index in [9.17, 15) is 4.79 Å². The third kappa shape index (κ3) is 1.66. The Bertz CT molecular complexity index is 289. The maximum atomic E-state index is 11.1. The lowest BCUT2D eigenvalue weighted by atomic mass is 9.90. The van der Waals surface area contributed by atoms with E-state index in [2.05, 4.69) is 0 Å². The molecule has 0 N–H and O–H groups in total. The molecule has 6 nitrogen and oxygen atoms in total. The van der Waals surface area contributed by atoms with Crippen LogP contribution in [0.15, 0.2) is 0 Å². The van der Waals surface area contributed by atoms with Crippen LogP contribution in [0.3, 0.4) is 0 Å². The number of hydrogen-bond donors (Lipinski definition) is 0. The van der Waals surface area contributed by atoms with Gasteiger partial charge in [-0.05, 0) is 13.8 Å². The fourth-order valence-corrected chi connectivity index (χ4v) is 2.26. The molecule has 1 unspecified atom stereocenters. The molecule has 0 amide bonds. The molecule has 2 fully saturated rings. The zero-order valence-electron chi connectivity index (χ0n) is 9.76. The van der Waals surface area contributed by atoms with Crippen molar-refractivity contribution in [2.24, 2.45) is 0 Å². The first-order chi connectivity index (χ1) is 7.49. The van der Waals surface area contributed by atoms with E-state index in [1.54, 1.807) is 7.11 Å². The first kappa shape index (κ1) is 11.6. The van der Waals surface area contributed by atoms with E-state index in [0.717, 1.165) is 0 Å². The minimum Gasteiger partial charge on any atom is -0.424 e. The molecule has 2 aliphatic rings. The minimum atomic E-state index is -0.708. The van der Waals surface area contributed by atoms with Crippen LogP contribution >= 0.6 is 0 Å². The van der Waals surface area contributed by atoms with Crippen LogP contribution < -0.4 is 0 Å². The van der Waals surface area contributed by atoms with Crippen LogP contribution in [0.5, 0.6) is 0 Å². The molecule has 0 spiro atoms. The molecule has 0 aromatic rings. The summed E-state index contributed by atoms with van der Waals surface area (Å²) in [6.07, 6.45) is -2.78. The molecule has 2 heterocycles. The molecule has 0 aliphatic carbocycles. The topological polar surface area (TPSA) is 63.2 Å². The fraction of sp³-hybridized carbons (Fsp3) is 0.900. The molecule has 2 saturated heterocycles. The van der Waals surface area contributed by atoms with Gasteiger partial charge < -0.3 is 23.7 Å². The van der Waals surface area contributed by atoms with E-state index >= 15 is 0 Å². The van der Waals surface area contributed by atoms with Crippen molar-refractivity contribution >= 4 is 6.16 Å². The molecule has 0 bridgehead atoms. The average Bonchev–Trinajstić information content (AvgIpc) is 2.57. The van der Waals surface area contributed by atoms with Gasteiger partial charge in [-0.3, -0.25) is 0 Å². The first-order valence-corrected chi connectivity index (χ1v) is 5.10. The summed E-state index contributed by atoms with van der Waals surface area (Å²) in [5.41, 5.74) is -0.607. The van der Waals surface area contributed by atoms with Gasteiger partial charge in [-0.2, -0.15) is 0 Å². The molecular weight excluding hydrogens is 216 g/mol. The van der Waals surface area contributed by atoms with E-state index in [4.69, 9.17) is 23.7 Å². The Labute approximate surface area is 93.7 Å². The van der Waals surface area contributed by atoms with E-state index in [-0.39, 0.29) is 6.10 Å². The Morgan fingerprint density at radius 2 is 1.75 bits per heavy atom. The normalized spacial score (nSPS) is 41.1. The SMILES string of the molecule is COC1OC(C)(C)[C@H](OC)[C@@H]2OC(=O)O[C@H]12. The molecule has 2 aliphatic heterocycles. The monoisotopic (exact) mass is 232 g/mol. The van der Waals surface area contributed by atoms with Crippen molar-refractivity contribution in [1.82, 2.24) is 0 Å². The largest absolute Gasteiger partial charge is 0.509 e. The van der Waals surface area contributed by atoms with Crippen LogP contribution in [0.2, 0.25) is 0 Å². The van der Waals surface area contributed by atoms with Gasteiger partial charge in [0.1, 0.15) is 6.10 Å². The highest BCUT2D eigenvalue weighted by Crippen LogP contribution is 2.37. The van der Waals surface area contributed by atoms with Crippen molar-refractivity contribution in [1.29, 1.82) is 0 Å². The maximum Gasteiger partial charge on any atom is 0.509 e. The second-order valence-electron chi connectivity index (χ2n) is 4.40. The summed E-state index contributed by atoms with van der Waals surface area (Å²) in [5.74, 6) is 0.